The number of hydrogen-bond donors (Lipinski definition) is 2. The minimum atomic E-state index is -0.112. The Balaban J connectivity index is 1.93. The number of carbonyl (C=O) groups excluding carboxylic acids is 2. The standard InChI is InChI=1S/C16H16N2O2/c1-12(19)17-15-9-7-13(8-10-15)11-16(20)18-14-5-3-2-4-6-14/h2-10H,11H2,1H3,(H,17,19)(H,18,20). The Bertz CT molecular complexity index is 592. The molecule has 2 aromatic carbocycles. The molecule has 0 aliphatic carbocycles. The molecule has 2 N–H and O–H groups in total. The summed E-state index contributed by atoms with van der Waals surface area (Å²) in [5.74, 6) is -0.178. The van der Waals surface area contributed by atoms with Crippen LogP contribution in [0.3, 0.4) is 0 Å². The number of hydrogen-bond acceptors (Lipinski definition) is 2. The first-order valence-electron chi connectivity index (χ1n) is 6.35. The molecule has 20 heavy (non-hydrogen) atoms. The number of amides is 2. The van der Waals surface area contributed by atoms with E-state index < -0.39 is 0 Å². The molecule has 2 aromatic rings. The molecule has 0 aliphatic rings. The SMILES string of the molecule is CC(=O)Nc1ccc(CC(=O)Nc2ccccc2)cc1. The van der Waals surface area contributed by atoms with Gasteiger partial charge in [0, 0.05) is 18.3 Å². The Morgan fingerprint density at radius 1 is 0.850 bits per heavy atom. The van der Waals surface area contributed by atoms with E-state index in [2.05, 4.69) is 10.6 Å². The first-order valence-corrected chi connectivity index (χ1v) is 6.35. The first-order chi connectivity index (χ1) is 9.63. The van der Waals surface area contributed by atoms with E-state index in [9.17, 15) is 9.59 Å². The summed E-state index contributed by atoms with van der Waals surface area (Å²) in [6.07, 6.45) is 0.301. The van der Waals surface area contributed by atoms with Gasteiger partial charge in [-0.05, 0) is 29.8 Å². The zero-order valence-electron chi connectivity index (χ0n) is 11.2. The van der Waals surface area contributed by atoms with Crippen molar-refractivity contribution in [2.45, 2.75) is 13.3 Å². The maximum atomic E-state index is 11.9. The summed E-state index contributed by atoms with van der Waals surface area (Å²) >= 11 is 0. The van der Waals surface area contributed by atoms with Gasteiger partial charge in [-0.2, -0.15) is 0 Å². The van der Waals surface area contributed by atoms with Crippen LogP contribution in [0.5, 0.6) is 0 Å². The largest absolute Gasteiger partial charge is 0.326 e. The van der Waals surface area contributed by atoms with Gasteiger partial charge in [0.15, 0.2) is 0 Å². The van der Waals surface area contributed by atoms with Crippen LogP contribution in [0.15, 0.2) is 54.6 Å². The van der Waals surface area contributed by atoms with Crippen molar-refractivity contribution in [3.05, 3.63) is 60.2 Å². The lowest BCUT2D eigenvalue weighted by Crippen LogP contribution is -2.14. The predicted molar refractivity (Wildman–Crippen MR) is 79.5 cm³/mol. The summed E-state index contributed by atoms with van der Waals surface area (Å²) < 4.78 is 0. The van der Waals surface area contributed by atoms with Crippen molar-refractivity contribution in [3.8, 4) is 0 Å². The molecule has 0 fully saturated rings. The Kier molecular flexibility index (Phi) is 4.50. The zero-order chi connectivity index (χ0) is 14.4. The Morgan fingerprint density at radius 3 is 2.05 bits per heavy atom. The summed E-state index contributed by atoms with van der Waals surface area (Å²) in [4.78, 5) is 22.8. The molecule has 0 saturated heterocycles. The van der Waals surface area contributed by atoms with Crippen LogP contribution in [0, 0.1) is 0 Å². The lowest BCUT2D eigenvalue weighted by molar-refractivity contribution is -0.116. The van der Waals surface area contributed by atoms with E-state index in [0.29, 0.717) is 6.42 Å². The summed E-state index contributed by atoms with van der Waals surface area (Å²) in [6.45, 7) is 1.46. The van der Waals surface area contributed by atoms with Crippen molar-refractivity contribution in [1.29, 1.82) is 0 Å². The average molecular weight is 268 g/mol. The smallest absolute Gasteiger partial charge is 0.228 e. The molecule has 4 nitrogen and oxygen atoms in total. The van der Waals surface area contributed by atoms with E-state index in [0.717, 1.165) is 16.9 Å². The van der Waals surface area contributed by atoms with E-state index in [1.54, 1.807) is 12.1 Å². The number of rotatable bonds is 4. The first kappa shape index (κ1) is 13.8. The monoisotopic (exact) mass is 268 g/mol. The predicted octanol–water partition coefficient (Wildman–Crippen LogP) is 2.83. The molecular weight excluding hydrogens is 252 g/mol. The number of para-hydroxylation sites is 1. The Labute approximate surface area is 117 Å². The van der Waals surface area contributed by atoms with Gasteiger partial charge in [-0.25, -0.2) is 0 Å². The molecule has 0 aliphatic heterocycles. The fourth-order valence-electron chi connectivity index (χ4n) is 1.82. The van der Waals surface area contributed by atoms with E-state index in [-0.39, 0.29) is 11.8 Å². The van der Waals surface area contributed by atoms with Crippen molar-refractivity contribution < 1.29 is 9.59 Å². The second-order valence-electron chi connectivity index (χ2n) is 4.47. The molecule has 0 heterocycles. The van der Waals surface area contributed by atoms with E-state index >= 15 is 0 Å². The van der Waals surface area contributed by atoms with Crippen molar-refractivity contribution in [2.75, 3.05) is 10.6 Å². The van der Waals surface area contributed by atoms with Crippen molar-refractivity contribution in [1.82, 2.24) is 0 Å². The maximum Gasteiger partial charge on any atom is 0.228 e. The summed E-state index contributed by atoms with van der Waals surface area (Å²) in [6, 6.07) is 16.6. The molecule has 0 spiro atoms. The summed E-state index contributed by atoms with van der Waals surface area (Å²) in [5.41, 5.74) is 2.41. The molecule has 102 valence electrons. The summed E-state index contributed by atoms with van der Waals surface area (Å²) in [5, 5.41) is 5.51. The van der Waals surface area contributed by atoms with Gasteiger partial charge in [0.25, 0.3) is 0 Å². The van der Waals surface area contributed by atoms with E-state index in [4.69, 9.17) is 0 Å². The Hall–Kier alpha value is -2.62. The summed E-state index contributed by atoms with van der Waals surface area (Å²) in [7, 11) is 0. The molecule has 0 saturated carbocycles. The fourth-order valence-corrected chi connectivity index (χ4v) is 1.82. The Morgan fingerprint density at radius 2 is 1.45 bits per heavy atom. The highest BCUT2D eigenvalue weighted by Crippen LogP contribution is 2.11. The van der Waals surface area contributed by atoms with Gasteiger partial charge in [-0.3, -0.25) is 9.59 Å². The third kappa shape index (κ3) is 4.24. The van der Waals surface area contributed by atoms with Crippen LogP contribution in [-0.4, -0.2) is 11.8 Å². The molecule has 2 amide bonds. The van der Waals surface area contributed by atoms with Crippen LogP contribution >= 0.6 is 0 Å². The topological polar surface area (TPSA) is 58.2 Å². The molecule has 0 atom stereocenters. The van der Waals surface area contributed by atoms with Gasteiger partial charge in [0.05, 0.1) is 6.42 Å². The minimum Gasteiger partial charge on any atom is -0.326 e. The van der Waals surface area contributed by atoms with Crippen LogP contribution in [0.4, 0.5) is 11.4 Å². The average Bonchev–Trinajstić information content (AvgIpc) is 2.41. The van der Waals surface area contributed by atoms with E-state index in [1.165, 1.54) is 6.92 Å². The van der Waals surface area contributed by atoms with Gasteiger partial charge in [0.1, 0.15) is 0 Å². The highest BCUT2D eigenvalue weighted by Gasteiger charge is 2.04. The van der Waals surface area contributed by atoms with Crippen LogP contribution in [0.25, 0.3) is 0 Å². The fraction of sp³-hybridized carbons (Fsp3) is 0.125. The molecular formula is C16H16N2O2. The lowest BCUT2D eigenvalue weighted by atomic mass is 10.1. The van der Waals surface area contributed by atoms with Crippen molar-refractivity contribution >= 4 is 23.2 Å². The van der Waals surface area contributed by atoms with Gasteiger partial charge >= 0.3 is 0 Å². The quantitative estimate of drug-likeness (QED) is 0.895. The molecule has 2 rings (SSSR count). The molecule has 0 radical (unpaired) electrons. The molecule has 4 heteroatoms. The van der Waals surface area contributed by atoms with Gasteiger partial charge < -0.3 is 10.6 Å². The number of anilines is 2. The highest BCUT2D eigenvalue weighted by atomic mass is 16.2. The third-order valence-electron chi connectivity index (χ3n) is 2.70. The third-order valence-corrected chi connectivity index (χ3v) is 2.70. The van der Waals surface area contributed by atoms with Gasteiger partial charge in [0.2, 0.25) is 11.8 Å². The van der Waals surface area contributed by atoms with Crippen molar-refractivity contribution in [2.24, 2.45) is 0 Å². The van der Waals surface area contributed by atoms with Crippen LogP contribution in [-0.2, 0) is 16.0 Å². The number of carbonyl (C=O) groups is 2. The van der Waals surface area contributed by atoms with Gasteiger partial charge in [-0.1, -0.05) is 30.3 Å². The maximum absolute atomic E-state index is 11.9. The lowest BCUT2D eigenvalue weighted by Gasteiger charge is -2.06. The minimum absolute atomic E-state index is 0.0662. The van der Waals surface area contributed by atoms with E-state index in [1.807, 2.05) is 42.5 Å². The second-order valence-corrected chi connectivity index (χ2v) is 4.47. The van der Waals surface area contributed by atoms with Crippen LogP contribution < -0.4 is 10.6 Å². The number of nitrogens with one attached hydrogen (secondary N) is 2. The van der Waals surface area contributed by atoms with Crippen LogP contribution in [0.1, 0.15) is 12.5 Å². The van der Waals surface area contributed by atoms with Crippen molar-refractivity contribution in [3.63, 3.8) is 0 Å². The van der Waals surface area contributed by atoms with Gasteiger partial charge in [-0.15, -0.1) is 0 Å². The second kappa shape index (κ2) is 6.52. The molecule has 0 aromatic heterocycles. The number of benzene rings is 2. The zero-order valence-corrected chi connectivity index (χ0v) is 11.2. The molecule has 0 bridgehead atoms. The van der Waals surface area contributed by atoms with Crippen LogP contribution in [0.2, 0.25) is 0 Å². The highest BCUT2D eigenvalue weighted by molar-refractivity contribution is 5.92. The molecule has 0 unspecified atom stereocenters. The normalized spacial score (nSPS) is 9.85.